The number of carbonyl (C=O) groups is 3. The van der Waals surface area contributed by atoms with E-state index in [2.05, 4.69) is 58.1 Å². The number of fused-ring (bicyclic) bond motifs is 2. The van der Waals surface area contributed by atoms with Crippen molar-refractivity contribution >= 4 is 40.9 Å². The van der Waals surface area contributed by atoms with E-state index in [-0.39, 0.29) is 34.2 Å². The minimum absolute atomic E-state index is 0.0323. The Kier molecular flexibility index (Phi) is 9.06. The molecule has 3 aliphatic rings. The van der Waals surface area contributed by atoms with Crippen LogP contribution in [-0.4, -0.2) is 68.2 Å². The average Bonchev–Trinajstić information content (AvgIpc) is 3.44. The van der Waals surface area contributed by atoms with Crippen LogP contribution < -0.4 is 10.6 Å². The van der Waals surface area contributed by atoms with Crippen molar-refractivity contribution in [3.05, 3.63) is 78.1 Å². The number of alkyl carbamates (subject to hydrolysis) is 1. The lowest BCUT2D eigenvalue weighted by molar-refractivity contribution is 0.0188. The molecule has 2 saturated heterocycles. The number of amides is 3. The number of thioether (sulfide) groups is 1. The number of H-pyrrole nitrogens is 1. The number of piperidine rings is 1. The zero-order valence-corrected chi connectivity index (χ0v) is 31.0. The Morgan fingerprint density at radius 1 is 0.804 bits per heavy atom. The first kappa shape index (κ1) is 34.9. The lowest BCUT2D eigenvalue weighted by Gasteiger charge is -2.31. The number of aromatic amines is 1. The van der Waals surface area contributed by atoms with Crippen LogP contribution in [0.2, 0.25) is 0 Å². The molecule has 0 spiro atoms. The van der Waals surface area contributed by atoms with Crippen LogP contribution in [0.15, 0.2) is 66.7 Å². The molecule has 2 aliphatic heterocycles. The lowest BCUT2D eigenvalue weighted by Crippen LogP contribution is -2.49. The highest BCUT2D eigenvalue weighted by Gasteiger charge is 2.64. The van der Waals surface area contributed by atoms with E-state index in [9.17, 15) is 14.4 Å². The second-order valence-corrected chi connectivity index (χ2v) is 17.3. The summed E-state index contributed by atoms with van der Waals surface area (Å²) in [6.07, 6.45) is 3.69. The van der Waals surface area contributed by atoms with Gasteiger partial charge in [-0.15, -0.1) is 11.8 Å². The molecule has 1 unspecified atom stereocenters. The highest BCUT2D eigenvalue weighted by Crippen LogP contribution is 2.66. The number of hydrogen-bond donors (Lipinski definition) is 3. The topological polar surface area (TPSA) is 126 Å². The van der Waals surface area contributed by atoms with Gasteiger partial charge in [-0.25, -0.2) is 14.6 Å². The molecular weight excluding hydrogens is 663 g/mol. The van der Waals surface area contributed by atoms with Crippen molar-refractivity contribution in [2.45, 2.75) is 107 Å². The molecule has 7 rings (SSSR count). The SMILES string of the molecule is CC(C)(C)OC(=O)N[C@H]1CCC[C@@H]1NC(=O)c1ccc(-c2ccc(-c3ccc4nc([C@@]56CCCN(C(=O)OC(C)(C)C)C5S6)[nH]c4c3)cc2)cc1. The minimum atomic E-state index is -0.576. The number of aromatic nitrogens is 2. The second kappa shape index (κ2) is 13.2. The van der Waals surface area contributed by atoms with Gasteiger partial charge in [0.15, 0.2) is 0 Å². The molecule has 1 aromatic heterocycles. The molecule has 0 bridgehead atoms. The standard InChI is InChI=1S/C40H47N5O5S/c1-38(2,3)49-36(47)44-30-10-7-9-29(30)41-33(46)27-17-15-25(16-18-27)24-11-13-26(14-12-24)28-19-20-31-32(23-28)43-34(42-31)40-21-8-22-45(35(40)51-40)37(48)50-39(4,5)6/h11-20,23,29-30,35H,7-10,21-22H2,1-6H3,(H,41,46)(H,42,43)(H,44,47)/t29-,30-,35?,40-/m0/s1. The third-order valence-electron chi connectivity index (χ3n) is 9.64. The molecule has 1 aliphatic carbocycles. The molecule has 0 radical (unpaired) electrons. The molecule has 3 amide bonds. The monoisotopic (exact) mass is 709 g/mol. The predicted molar refractivity (Wildman–Crippen MR) is 200 cm³/mol. The van der Waals surface area contributed by atoms with E-state index in [4.69, 9.17) is 14.5 Å². The van der Waals surface area contributed by atoms with Gasteiger partial charge in [-0.2, -0.15) is 0 Å². The van der Waals surface area contributed by atoms with Gasteiger partial charge in [0.25, 0.3) is 5.91 Å². The van der Waals surface area contributed by atoms with Crippen molar-refractivity contribution in [3.63, 3.8) is 0 Å². The summed E-state index contributed by atoms with van der Waals surface area (Å²) in [7, 11) is 0. The summed E-state index contributed by atoms with van der Waals surface area (Å²) in [6.45, 7) is 11.9. The molecule has 3 fully saturated rings. The molecule has 51 heavy (non-hydrogen) atoms. The van der Waals surface area contributed by atoms with E-state index >= 15 is 0 Å². The zero-order chi connectivity index (χ0) is 36.1. The maximum Gasteiger partial charge on any atom is 0.411 e. The fourth-order valence-corrected chi connectivity index (χ4v) is 8.64. The summed E-state index contributed by atoms with van der Waals surface area (Å²) in [6, 6.07) is 22.0. The number of nitrogens with one attached hydrogen (secondary N) is 3. The Labute approximate surface area is 303 Å². The third kappa shape index (κ3) is 7.59. The van der Waals surface area contributed by atoms with Crippen LogP contribution in [0.1, 0.15) is 89.8 Å². The molecule has 11 heteroatoms. The van der Waals surface area contributed by atoms with Crippen LogP contribution in [0.4, 0.5) is 9.59 Å². The highest BCUT2D eigenvalue weighted by atomic mass is 32.2. The molecular formula is C40H47N5O5S. The summed E-state index contributed by atoms with van der Waals surface area (Å²) < 4.78 is 10.9. The van der Waals surface area contributed by atoms with E-state index in [1.807, 2.05) is 70.7 Å². The van der Waals surface area contributed by atoms with Gasteiger partial charge >= 0.3 is 12.2 Å². The van der Waals surface area contributed by atoms with Gasteiger partial charge in [-0.3, -0.25) is 9.69 Å². The van der Waals surface area contributed by atoms with Crippen LogP contribution in [0.25, 0.3) is 33.3 Å². The van der Waals surface area contributed by atoms with Crippen LogP contribution in [-0.2, 0) is 14.2 Å². The van der Waals surface area contributed by atoms with Gasteiger partial charge in [0.05, 0.1) is 17.1 Å². The van der Waals surface area contributed by atoms with Gasteiger partial charge in [0, 0.05) is 18.2 Å². The average molecular weight is 710 g/mol. The molecule has 10 nitrogen and oxygen atoms in total. The molecule has 4 atom stereocenters. The Bertz CT molecular complexity index is 1940. The van der Waals surface area contributed by atoms with Crippen molar-refractivity contribution in [3.8, 4) is 22.3 Å². The number of likely N-dealkylation sites (tertiary alicyclic amines) is 1. The zero-order valence-electron chi connectivity index (χ0n) is 30.2. The Balaban J connectivity index is 0.988. The minimum Gasteiger partial charge on any atom is -0.444 e. The fourth-order valence-electron chi connectivity index (χ4n) is 7.17. The first-order chi connectivity index (χ1) is 24.2. The van der Waals surface area contributed by atoms with E-state index in [0.29, 0.717) is 12.1 Å². The van der Waals surface area contributed by atoms with E-state index in [1.54, 1.807) is 11.8 Å². The van der Waals surface area contributed by atoms with Gasteiger partial charge in [0.1, 0.15) is 27.1 Å². The maximum absolute atomic E-state index is 13.1. The summed E-state index contributed by atoms with van der Waals surface area (Å²) in [5.74, 6) is 0.766. The van der Waals surface area contributed by atoms with Crippen LogP contribution in [0.3, 0.4) is 0 Å². The highest BCUT2D eigenvalue weighted by molar-refractivity contribution is 8.08. The van der Waals surface area contributed by atoms with Gasteiger partial charge in [-0.1, -0.05) is 42.5 Å². The van der Waals surface area contributed by atoms with Crippen molar-refractivity contribution in [2.75, 3.05) is 6.54 Å². The molecule has 4 aromatic rings. The van der Waals surface area contributed by atoms with Crippen molar-refractivity contribution in [1.82, 2.24) is 25.5 Å². The number of carbonyl (C=O) groups excluding carboxylic acids is 3. The van der Waals surface area contributed by atoms with Crippen LogP contribution >= 0.6 is 11.8 Å². The number of ether oxygens (including phenoxy) is 2. The fraction of sp³-hybridized carbons (Fsp3) is 0.450. The van der Waals surface area contributed by atoms with Crippen LogP contribution in [0.5, 0.6) is 0 Å². The van der Waals surface area contributed by atoms with E-state index < -0.39 is 17.3 Å². The first-order valence-electron chi connectivity index (χ1n) is 17.9. The first-order valence-corrected chi connectivity index (χ1v) is 18.7. The number of imidazole rings is 1. The smallest absolute Gasteiger partial charge is 0.411 e. The second-order valence-electron chi connectivity index (χ2n) is 15.9. The Hall–Kier alpha value is -4.51. The number of rotatable bonds is 6. The summed E-state index contributed by atoms with van der Waals surface area (Å²) in [5, 5.41) is 6.07. The number of benzene rings is 3. The van der Waals surface area contributed by atoms with Crippen molar-refractivity contribution in [1.29, 1.82) is 0 Å². The molecule has 268 valence electrons. The van der Waals surface area contributed by atoms with E-state index in [1.165, 1.54) is 0 Å². The van der Waals surface area contributed by atoms with Crippen molar-refractivity contribution < 1.29 is 23.9 Å². The predicted octanol–water partition coefficient (Wildman–Crippen LogP) is 8.37. The maximum atomic E-state index is 13.1. The van der Waals surface area contributed by atoms with Gasteiger partial charge < -0.3 is 25.1 Å². The third-order valence-corrected chi connectivity index (χ3v) is 11.3. The number of hydrogen-bond acceptors (Lipinski definition) is 7. The van der Waals surface area contributed by atoms with Crippen LogP contribution in [0, 0.1) is 0 Å². The van der Waals surface area contributed by atoms with E-state index in [0.717, 1.165) is 71.2 Å². The quantitative estimate of drug-likeness (QED) is 0.172. The Morgan fingerprint density at radius 3 is 2.04 bits per heavy atom. The Morgan fingerprint density at radius 2 is 1.39 bits per heavy atom. The number of nitrogens with zero attached hydrogens (tertiary/aromatic N) is 2. The lowest BCUT2D eigenvalue weighted by atomic mass is 9.97. The molecule has 1 saturated carbocycles. The van der Waals surface area contributed by atoms with Crippen molar-refractivity contribution in [2.24, 2.45) is 0 Å². The molecule has 3 N–H and O–H groups in total. The summed E-state index contributed by atoms with van der Waals surface area (Å²) in [5.41, 5.74) is 5.59. The van der Waals surface area contributed by atoms with Gasteiger partial charge in [0.2, 0.25) is 0 Å². The summed E-state index contributed by atoms with van der Waals surface area (Å²) >= 11 is 1.78. The normalized spacial score (nSPS) is 23.0. The molecule has 3 aromatic carbocycles. The molecule has 3 heterocycles. The van der Waals surface area contributed by atoms with Gasteiger partial charge in [-0.05, 0) is 120 Å². The summed E-state index contributed by atoms with van der Waals surface area (Å²) in [4.78, 5) is 48.8. The largest absolute Gasteiger partial charge is 0.444 e.